The van der Waals surface area contributed by atoms with Gasteiger partial charge in [-0.15, -0.1) is 0 Å². The molecule has 2 aliphatic rings. The summed E-state index contributed by atoms with van der Waals surface area (Å²) in [4.78, 5) is 23.1. The standard InChI is InChI=1S/C43H41F4N3O7/c1-23-28(11-4-13-30(23)39-48-32-18-25(8-3-9-27-10-7-17-53-27)35(56-42(44)45)20-37(32)54-39)29-12-5-14-31(24(29)2)40-49-33-19-26(22-50-16-6-15-34(50)41(51)52)36(57-43(46)47)21-38(33)55-40/h4-5,11-14,18-21,27,34,42-43H,3,6-10,15-17,22H2,1-2H3,(H,51,52)/t27-,34+/m1/s1. The van der Waals surface area contributed by atoms with Gasteiger partial charge in [0.2, 0.25) is 11.8 Å². The first-order chi connectivity index (χ1) is 27.5. The number of hydrogen-bond donors (Lipinski definition) is 1. The lowest BCUT2D eigenvalue weighted by molar-refractivity contribution is -0.142. The predicted molar refractivity (Wildman–Crippen MR) is 204 cm³/mol. The Hall–Kier alpha value is -5.47. The molecule has 0 unspecified atom stereocenters. The fraction of sp³-hybridized carbons (Fsp3) is 0.372. The van der Waals surface area contributed by atoms with Crippen molar-refractivity contribution in [1.82, 2.24) is 14.9 Å². The number of oxazole rings is 2. The van der Waals surface area contributed by atoms with E-state index in [1.807, 2.05) is 50.2 Å². The van der Waals surface area contributed by atoms with Crippen molar-refractivity contribution in [2.45, 2.75) is 90.7 Å². The summed E-state index contributed by atoms with van der Waals surface area (Å²) < 4.78 is 81.8. The van der Waals surface area contributed by atoms with E-state index < -0.39 is 25.2 Å². The summed E-state index contributed by atoms with van der Waals surface area (Å²) in [5.41, 5.74) is 7.40. The third-order valence-electron chi connectivity index (χ3n) is 11.0. The Morgan fingerprint density at radius 1 is 0.807 bits per heavy atom. The topological polar surface area (TPSA) is 120 Å². The lowest BCUT2D eigenvalue weighted by Crippen LogP contribution is -2.35. The molecule has 4 heterocycles. The van der Waals surface area contributed by atoms with E-state index in [-0.39, 0.29) is 35.6 Å². The fourth-order valence-corrected chi connectivity index (χ4v) is 8.18. The van der Waals surface area contributed by atoms with Crippen LogP contribution in [0.4, 0.5) is 17.6 Å². The zero-order valence-corrected chi connectivity index (χ0v) is 31.4. The minimum atomic E-state index is -3.09. The number of aryl methyl sites for hydroxylation is 1. The molecule has 14 heteroatoms. The molecule has 0 saturated carbocycles. The normalized spacial score (nSPS) is 17.5. The Balaban J connectivity index is 1.10. The van der Waals surface area contributed by atoms with Crippen LogP contribution in [-0.4, -0.2) is 64.5 Å². The lowest BCUT2D eigenvalue weighted by Gasteiger charge is -2.22. The SMILES string of the molecule is Cc1c(-c2nc3cc(CCC[C@@H]4CCCO4)c(OC(F)F)cc3o2)cccc1-c1cccc(-c2nc3cc(CN4CCC[C@H]4C(=O)O)c(OC(F)F)cc3o2)c1C. The van der Waals surface area contributed by atoms with Crippen molar-refractivity contribution in [3.05, 3.63) is 82.9 Å². The van der Waals surface area contributed by atoms with Gasteiger partial charge in [-0.05, 0) is 117 Å². The lowest BCUT2D eigenvalue weighted by atomic mass is 9.91. The number of carboxylic acid groups (broad SMARTS) is 1. The zero-order valence-electron chi connectivity index (χ0n) is 31.4. The van der Waals surface area contributed by atoms with Gasteiger partial charge >= 0.3 is 19.2 Å². The van der Waals surface area contributed by atoms with Crippen molar-refractivity contribution < 1.29 is 50.5 Å². The Morgan fingerprint density at radius 2 is 1.37 bits per heavy atom. The molecule has 0 spiro atoms. The number of fused-ring (bicyclic) bond motifs is 2. The maximum atomic E-state index is 13.5. The molecule has 0 bridgehead atoms. The smallest absolute Gasteiger partial charge is 0.387 e. The van der Waals surface area contributed by atoms with E-state index in [2.05, 4.69) is 0 Å². The first-order valence-corrected chi connectivity index (χ1v) is 19.1. The van der Waals surface area contributed by atoms with Crippen LogP contribution in [-0.2, 0) is 22.5 Å². The van der Waals surface area contributed by atoms with Crippen LogP contribution in [0, 0.1) is 13.8 Å². The van der Waals surface area contributed by atoms with Gasteiger partial charge in [-0.2, -0.15) is 17.6 Å². The molecule has 2 fully saturated rings. The second-order valence-electron chi connectivity index (χ2n) is 14.6. The summed E-state index contributed by atoms with van der Waals surface area (Å²) >= 11 is 0. The molecule has 2 saturated heterocycles. The van der Waals surface area contributed by atoms with Gasteiger partial charge < -0.3 is 28.2 Å². The number of benzene rings is 4. The highest BCUT2D eigenvalue weighted by atomic mass is 19.3. The van der Waals surface area contributed by atoms with Crippen molar-refractivity contribution in [3.8, 4) is 45.5 Å². The summed E-state index contributed by atoms with van der Waals surface area (Å²) in [5, 5.41) is 9.66. The third kappa shape index (κ3) is 8.06. The van der Waals surface area contributed by atoms with Gasteiger partial charge in [0.1, 0.15) is 28.6 Å². The molecule has 2 aliphatic heterocycles. The molecule has 10 nitrogen and oxygen atoms in total. The Labute approximate surface area is 325 Å². The molecule has 2 atom stereocenters. The van der Waals surface area contributed by atoms with E-state index in [0.717, 1.165) is 54.5 Å². The van der Waals surface area contributed by atoms with E-state index in [4.69, 9.17) is 33.0 Å². The van der Waals surface area contributed by atoms with Gasteiger partial charge in [-0.25, -0.2) is 9.97 Å². The molecule has 0 aliphatic carbocycles. The van der Waals surface area contributed by atoms with Gasteiger partial charge in [0.15, 0.2) is 11.2 Å². The highest BCUT2D eigenvalue weighted by Gasteiger charge is 2.32. The van der Waals surface area contributed by atoms with Crippen molar-refractivity contribution >= 4 is 28.2 Å². The first kappa shape index (κ1) is 38.4. The molecule has 57 heavy (non-hydrogen) atoms. The number of aromatic nitrogens is 2. The molecule has 4 aromatic carbocycles. The van der Waals surface area contributed by atoms with E-state index in [9.17, 15) is 27.5 Å². The summed E-state index contributed by atoms with van der Waals surface area (Å²) in [6.45, 7) is -0.819. The van der Waals surface area contributed by atoms with Crippen molar-refractivity contribution in [1.29, 1.82) is 0 Å². The summed E-state index contributed by atoms with van der Waals surface area (Å²) in [7, 11) is 0. The second kappa shape index (κ2) is 16.2. The van der Waals surface area contributed by atoms with Crippen molar-refractivity contribution in [2.75, 3.05) is 13.2 Å². The summed E-state index contributed by atoms with van der Waals surface area (Å²) in [6.07, 6.45) is 5.51. The number of likely N-dealkylation sites (tertiary alicyclic amines) is 1. The van der Waals surface area contributed by atoms with E-state index >= 15 is 0 Å². The zero-order chi connectivity index (χ0) is 39.8. The van der Waals surface area contributed by atoms with Crippen LogP contribution in [0.2, 0.25) is 0 Å². The maximum absolute atomic E-state index is 13.5. The van der Waals surface area contributed by atoms with Crippen molar-refractivity contribution in [2.24, 2.45) is 0 Å². The molecule has 0 radical (unpaired) electrons. The molecule has 2 aromatic heterocycles. The van der Waals surface area contributed by atoms with E-state index in [1.54, 1.807) is 17.0 Å². The summed E-state index contributed by atoms with van der Waals surface area (Å²) in [6, 6.07) is 17.0. The maximum Gasteiger partial charge on any atom is 0.387 e. The average Bonchev–Trinajstić information content (AvgIpc) is 3.99. The molecule has 0 amide bonds. The number of rotatable bonds is 14. The minimum absolute atomic E-state index is 0.0667. The average molecular weight is 788 g/mol. The van der Waals surface area contributed by atoms with E-state index in [0.29, 0.717) is 70.6 Å². The number of aliphatic carboxylic acids is 1. The summed E-state index contributed by atoms with van der Waals surface area (Å²) in [5.74, 6) is -0.387. The molecule has 1 N–H and O–H groups in total. The first-order valence-electron chi connectivity index (χ1n) is 19.1. The fourth-order valence-electron chi connectivity index (χ4n) is 8.18. The molecular formula is C43H41F4N3O7. The quantitative estimate of drug-likeness (QED) is 0.107. The van der Waals surface area contributed by atoms with Gasteiger partial charge in [-0.3, -0.25) is 9.69 Å². The van der Waals surface area contributed by atoms with Gasteiger partial charge in [0.05, 0.1) is 6.10 Å². The van der Waals surface area contributed by atoms with Crippen molar-refractivity contribution in [3.63, 3.8) is 0 Å². The van der Waals surface area contributed by atoms with Crippen LogP contribution in [0.3, 0.4) is 0 Å². The highest BCUT2D eigenvalue weighted by Crippen LogP contribution is 2.40. The number of ether oxygens (including phenoxy) is 3. The molecule has 6 aromatic rings. The van der Waals surface area contributed by atoms with Crippen LogP contribution in [0.25, 0.3) is 56.2 Å². The second-order valence-corrected chi connectivity index (χ2v) is 14.6. The largest absolute Gasteiger partial charge is 0.480 e. The number of alkyl halides is 4. The monoisotopic (exact) mass is 787 g/mol. The van der Waals surface area contributed by atoms with Gasteiger partial charge in [-0.1, -0.05) is 24.3 Å². The molecule has 298 valence electrons. The number of nitrogens with zero attached hydrogens (tertiary/aromatic N) is 3. The minimum Gasteiger partial charge on any atom is -0.480 e. The third-order valence-corrected chi connectivity index (χ3v) is 11.0. The molecular weight excluding hydrogens is 746 g/mol. The number of halogens is 4. The van der Waals surface area contributed by atoms with Crippen LogP contribution in [0.15, 0.2) is 69.5 Å². The van der Waals surface area contributed by atoms with Crippen LogP contribution in [0.1, 0.15) is 60.8 Å². The number of hydrogen-bond acceptors (Lipinski definition) is 9. The van der Waals surface area contributed by atoms with Crippen LogP contribution in [0.5, 0.6) is 11.5 Å². The Kier molecular flexibility index (Phi) is 10.9. The predicted octanol–water partition coefficient (Wildman–Crippen LogP) is 10.3. The molecule has 8 rings (SSSR count). The Morgan fingerprint density at radius 3 is 1.91 bits per heavy atom. The van der Waals surface area contributed by atoms with Gasteiger partial charge in [0, 0.05) is 42.0 Å². The highest BCUT2D eigenvalue weighted by molar-refractivity contribution is 5.85. The number of carbonyl (C=O) groups is 1. The number of carboxylic acids is 1. The van der Waals surface area contributed by atoms with Gasteiger partial charge in [0.25, 0.3) is 0 Å². The van der Waals surface area contributed by atoms with E-state index in [1.165, 1.54) is 12.1 Å². The van der Waals surface area contributed by atoms with Crippen LogP contribution < -0.4 is 9.47 Å². The Bertz CT molecular complexity index is 2420. The van der Waals surface area contributed by atoms with Crippen LogP contribution >= 0.6 is 0 Å².